The van der Waals surface area contributed by atoms with Gasteiger partial charge >= 0.3 is 0 Å². The number of amides is 1. The molecule has 0 atom stereocenters. The minimum absolute atomic E-state index is 0.265. The minimum atomic E-state index is -0.655. The smallest absolute Gasteiger partial charge is 0.248 e. The van der Waals surface area contributed by atoms with Crippen molar-refractivity contribution in [2.75, 3.05) is 0 Å². The van der Waals surface area contributed by atoms with Gasteiger partial charge in [-0.05, 0) is 32.4 Å². The number of rotatable bonds is 7. The molecule has 7 heteroatoms. The first-order chi connectivity index (χ1) is 11.8. The highest BCUT2D eigenvalue weighted by atomic mass is 19.1. The molecule has 0 bridgehead atoms. The third-order valence-electron chi connectivity index (χ3n) is 3.71. The van der Waals surface area contributed by atoms with E-state index in [1.165, 1.54) is 6.08 Å². The van der Waals surface area contributed by atoms with Gasteiger partial charge in [-0.15, -0.1) is 0 Å². The average molecular weight is 343 g/mol. The number of hydrogen-bond acceptors (Lipinski definition) is 4. The van der Waals surface area contributed by atoms with Crippen LogP contribution in [0.2, 0.25) is 0 Å². The van der Waals surface area contributed by atoms with Gasteiger partial charge in [0, 0.05) is 36.2 Å². The number of nitrogens with zero attached hydrogens (tertiary/aromatic N) is 2. The zero-order valence-electron chi connectivity index (χ0n) is 14.7. The quantitative estimate of drug-likeness (QED) is 0.401. The molecule has 1 heterocycles. The van der Waals surface area contributed by atoms with E-state index in [0.29, 0.717) is 34.5 Å². The summed E-state index contributed by atoms with van der Waals surface area (Å²) in [6, 6.07) is 0. The molecule has 1 aromatic rings. The number of aryl methyl sites for hydroxylation is 1. The van der Waals surface area contributed by atoms with Crippen LogP contribution in [0.3, 0.4) is 0 Å². The zero-order chi connectivity index (χ0) is 19.1. The number of aromatic nitrogens is 2. The fraction of sp³-hybridized carbons (Fsp3) is 0.222. The van der Waals surface area contributed by atoms with Crippen LogP contribution in [0, 0.1) is 10.8 Å². The number of carbonyl (C=O) groups is 1. The first-order valence-corrected chi connectivity index (χ1v) is 7.53. The van der Waals surface area contributed by atoms with Crippen molar-refractivity contribution in [3.63, 3.8) is 0 Å². The number of imidazole rings is 1. The summed E-state index contributed by atoms with van der Waals surface area (Å²) < 4.78 is 15.3. The summed E-state index contributed by atoms with van der Waals surface area (Å²) in [5, 5.41) is 14.6. The molecule has 0 spiro atoms. The molecule has 132 valence electrons. The Bertz CT molecular complexity index is 825. The summed E-state index contributed by atoms with van der Waals surface area (Å²) in [6.07, 6.45) is 8.18. The van der Waals surface area contributed by atoms with E-state index in [2.05, 4.69) is 4.98 Å². The monoisotopic (exact) mass is 343 g/mol. The average Bonchev–Trinajstić information content (AvgIpc) is 2.98. The van der Waals surface area contributed by atoms with Crippen molar-refractivity contribution in [3.05, 3.63) is 52.9 Å². The van der Waals surface area contributed by atoms with Crippen LogP contribution in [0.4, 0.5) is 4.39 Å². The van der Waals surface area contributed by atoms with Gasteiger partial charge in [-0.3, -0.25) is 4.79 Å². The summed E-state index contributed by atoms with van der Waals surface area (Å²) in [6.45, 7) is 5.03. The molecule has 6 nitrogen and oxygen atoms in total. The Morgan fingerprint density at radius 1 is 1.24 bits per heavy atom. The van der Waals surface area contributed by atoms with E-state index in [-0.39, 0.29) is 5.57 Å². The second-order valence-corrected chi connectivity index (χ2v) is 5.34. The van der Waals surface area contributed by atoms with Crippen molar-refractivity contribution >= 4 is 29.5 Å². The van der Waals surface area contributed by atoms with Gasteiger partial charge in [0.2, 0.25) is 5.91 Å². The van der Waals surface area contributed by atoms with Crippen LogP contribution < -0.4 is 5.73 Å². The first-order valence-electron chi connectivity index (χ1n) is 7.53. The standard InChI is InChI=1S/C18H22FN5O/c1-5-13(17(22)25)6-7-14(8-20)11(2)18-23-16(10-24(18)4)12(3)15(19)9-21/h5-10,20-21H,1-4H3,(H2,22,25)/b7-6-,13-5?,14-11-,15-12-,20-8?,21-9?. The van der Waals surface area contributed by atoms with E-state index in [4.69, 9.17) is 16.6 Å². The second-order valence-electron chi connectivity index (χ2n) is 5.34. The molecule has 1 aromatic heterocycles. The van der Waals surface area contributed by atoms with Crippen LogP contribution in [0.1, 0.15) is 32.3 Å². The SMILES string of the molecule is CC=C(/C=C\C(C=N)=C(/C)c1nc(/C(C)=C(\F)C=N)cn1C)C(N)=O. The predicted molar refractivity (Wildman–Crippen MR) is 99.2 cm³/mol. The Morgan fingerprint density at radius 2 is 1.88 bits per heavy atom. The number of nitrogens with two attached hydrogens (primary N) is 1. The molecular weight excluding hydrogens is 321 g/mol. The highest BCUT2D eigenvalue weighted by molar-refractivity contribution is 5.96. The van der Waals surface area contributed by atoms with Gasteiger partial charge in [0.1, 0.15) is 11.7 Å². The van der Waals surface area contributed by atoms with Gasteiger partial charge in [0.15, 0.2) is 0 Å². The molecule has 25 heavy (non-hydrogen) atoms. The number of halogens is 1. The van der Waals surface area contributed by atoms with Gasteiger partial charge in [-0.25, -0.2) is 9.37 Å². The first kappa shape index (κ1) is 20.0. The Balaban J connectivity index is 3.38. The maximum atomic E-state index is 13.6. The highest BCUT2D eigenvalue weighted by Crippen LogP contribution is 2.22. The lowest BCUT2D eigenvalue weighted by molar-refractivity contribution is -0.114. The summed E-state index contributed by atoms with van der Waals surface area (Å²) in [7, 11) is 1.76. The molecular formula is C18H22FN5O. The van der Waals surface area contributed by atoms with Gasteiger partial charge in [-0.2, -0.15) is 0 Å². The maximum Gasteiger partial charge on any atom is 0.248 e. The fourth-order valence-corrected chi connectivity index (χ4v) is 2.14. The predicted octanol–water partition coefficient (Wildman–Crippen LogP) is 3.18. The van der Waals surface area contributed by atoms with E-state index < -0.39 is 11.7 Å². The summed E-state index contributed by atoms with van der Waals surface area (Å²) in [5.41, 5.74) is 7.49. The van der Waals surface area contributed by atoms with E-state index in [1.807, 2.05) is 0 Å². The number of primary amides is 1. The van der Waals surface area contributed by atoms with Crippen LogP contribution >= 0.6 is 0 Å². The summed E-state index contributed by atoms with van der Waals surface area (Å²) in [5.74, 6) is -0.656. The number of nitrogens with one attached hydrogen (secondary N) is 2. The van der Waals surface area contributed by atoms with E-state index in [0.717, 1.165) is 6.21 Å². The summed E-state index contributed by atoms with van der Waals surface area (Å²) >= 11 is 0. The van der Waals surface area contributed by atoms with E-state index in [9.17, 15) is 9.18 Å². The Kier molecular flexibility index (Phi) is 6.93. The lowest BCUT2D eigenvalue weighted by Gasteiger charge is -2.04. The molecule has 0 aliphatic rings. The fourth-order valence-electron chi connectivity index (χ4n) is 2.14. The largest absolute Gasteiger partial charge is 0.366 e. The normalized spacial score (nSPS) is 14.2. The Morgan fingerprint density at radius 3 is 2.36 bits per heavy atom. The Hall–Kier alpha value is -3.09. The molecule has 0 aliphatic heterocycles. The van der Waals surface area contributed by atoms with Crippen LogP contribution in [0.25, 0.3) is 11.1 Å². The molecule has 0 radical (unpaired) electrons. The van der Waals surface area contributed by atoms with Crippen molar-refractivity contribution in [1.29, 1.82) is 10.8 Å². The molecule has 0 saturated heterocycles. The molecule has 4 N–H and O–H groups in total. The van der Waals surface area contributed by atoms with Crippen LogP contribution in [-0.2, 0) is 11.8 Å². The van der Waals surface area contributed by atoms with Crippen molar-refractivity contribution < 1.29 is 9.18 Å². The molecule has 0 aromatic carbocycles. The molecule has 0 aliphatic carbocycles. The highest BCUT2D eigenvalue weighted by Gasteiger charge is 2.13. The number of allylic oxidation sites excluding steroid dienone is 6. The third kappa shape index (κ3) is 4.69. The van der Waals surface area contributed by atoms with Crippen LogP contribution in [0.5, 0.6) is 0 Å². The topological polar surface area (TPSA) is 109 Å². The Labute approximate surface area is 146 Å². The molecule has 1 amide bonds. The van der Waals surface area contributed by atoms with Crippen molar-refractivity contribution in [3.8, 4) is 0 Å². The van der Waals surface area contributed by atoms with Gasteiger partial charge < -0.3 is 21.1 Å². The van der Waals surface area contributed by atoms with Gasteiger partial charge in [0.25, 0.3) is 0 Å². The van der Waals surface area contributed by atoms with E-state index in [1.54, 1.807) is 50.7 Å². The zero-order valence-corrected chi connectivity index (χ0v) is 14.7. The molecule has 1 rings (SSSR count). The molecule has 0 fully saturated rings. The minimum Gasteiger partial charge on any atom is -0.366 e. The lowest BCUT2D eigenvalue weighted by atomic mass is 10.1. The summed E-state index contributed by atoms with van der Waals surface area (Å²) in [4.78, 5) is 15.6. The van der Waals surface area contributed by atoms with Crippen molar-refractivity contribution in [2.24, 2.45) is 12.8 Å². The van der Waals surface area contributed by atoms with Gasteiger partial charge in [0.05, 0.1) is 11.9 Å². The van der Waals surface area contributed by atoms with Crippen LogP contribution in [-0.4, -0.2) is 27.9 Å². The van der Waals surface area contributed by atoms with E-state index >= 15 is 0 Å². The number of hydrogen-bond donors (Lipinski definition) is 3. The third-order valence-corrected chi connectivity index (χ3v) is 3.71. The second kappa shape index (κ2) is 8.68. The molecule has 0 unspecified atom stereocenters. The molecule has 0 saturated carbocycles. The van der Waals surface area contributed by atoms with Crippen molar-refractivity contribution in [1.82, 2.24) is 9.55 Å². The van der Waals surface area contributed by atoms with Crippen LogP contribution in [0.15, 0.2) is 41.4 Å². The van der Waals surface area contributed by atoms with Crippen molar-refractivity contribution in [2.45, 2.75) is 20.8 Å². The lowest BCUT2D eigenvalue weighted by Crippen LogP contribution is -2.12. The maximum absolute atomic E-state index is 13.6. The van der Waals surface area contributed by atoms with Gasteiger partial charge in [-0.1, -0.05) is 12.2 Å². The number of carbonyl (C=O) groups excluding carboxylic acids is 1.